The highest BCUT2D eigenvalue weighted by Crippen LogP contribution is 2.31. The van der Waals surface area contributed by atoms with E-state index in [2.05, 4.69) is 13.8 Å². The van der Waals surface area contributed by atoms with Gasteiger partial charge in [0.15, 0.2) is 0 Å². The molecule has 1 aliphatic rings. The SMILES string of the molecule is CC(C)N(CC1CC1)C(=O)c1cc2ccccc2cc1N. The number of nitrogens with zero attached hydrogens (tertiary/aromatic N) is 1. The van der Waals surface area contributed by atoms with Gasteiger partial charge in [-0.2, -0.15) is 0 Å². The van der Waals surface area contributed by atoms with Crippen LogP contribution in [0.3, 0.4) is 0 Å². The zero-order valence-corrected chi connectivity index (χ0v) is 12.7. The average molecular weight is 282 g/mol. The molecule has 0 unspecified atom stereocenters. The molecule has 3 nitrogen and oxygen atoms in total. The molecule has 2 N–H and O–H groups in total. The molecular formula is C18H22N2O. The number of carbonyl (C=O) groups is 1. The van der Waals surface area contributed by atoms with Crippen molar-refractivity contribution in [1.29, 1.82) is 0 Å². The summed E-state index contributed by atoms with van der Waals surface area (Å²) in [4.78, 5) is 14.8. The molecule has 21 heavy (non-hydrogen) atoms. The highest BCUT2D eigenvalue weighted by molar-refractivity contribution is 6.04. The third-order valence-electron chi connectivity index (χ3n) is 4.18. The van der Waals surface area contributed by atoms with Crippen molar-refractivity contribution in [3.63, 3.8) is 0 Å². The fourth-order valence-electron chi connectivity index (χ4n) is 2.70. The molecule has 2 aromatic rings. The maximum atomic E-state index is 12.9. The first kappa shape index (κ1) is 13.9. The Bertz CT molecular complexity index is 674. The number of anilines is 1. The van der Waals surface area contributed by atoms with E-state index in [4.69, 9.17) is 5.73 Å². The topological polar surface area (TPSA) is 46.3 Å². The Balaban J connectivity index is 1.96. The largest absolute Gasteiger partial charge is 0.398 e. The lowest BCUT2D eigenvalue weighted by Crippen LogP contribution is -2.38. The van der Waals surface area contributed by atoms with Gasteiger partial charge < -0.3 is 10.6 Å². The minimum absolute atomic E-state index is 0.0557. The normalized spacial score (nSPS) is 14.6. The van der Waals surface area contributed by atoms with Crippen LogP contribution in [-0.2, 0) is 0 Å². The minimum atomic E-state index is 0.0557. The van der Waals surface area contributed by atoms with Gasteiger partial charge in [-0.05, 0) is 55.5 Å². The van der Waals surface area contributed by atoms with E-state index >= 15 is 0 Å². The second-order valence-electron chi connectivity index (χ2n) is 6.28. The Morgan fingerprint density at radius 2 is 1.86 bits per heavy atom. The zero-order valence-electron chi connectivity index (χ0n) is 12.7. The van der Waals surface area contributed by atoms with E-state index in [0.717, 1.165) is 17.3 Å². The first-order valence-electron chi connectivity index (χ1n) is 7.65. The van der Waals surface area contributed by atoms with Gasteiger partial charge in [-0.3, -0.25) is 4.79 Å². The molecule has 0 spiro atoms. The van der Waals surface area contributed by atoms with E-state index in [0.29, 0.717) is 17.2 Å². The number of benzene rings is 2. The fraction of sp³-hybridized carbons (Fsp3) is 0.389. The van der Waals surface area contributed by atoms with Crippen LogP contribution in [0.25, 0.3) is 10.8 Å². The van der Waals surface area contributed by atoms with Gasteiger partial charge >= 0.3 is 0 Å². The third kappa shape index (κ3) is 2.87. The van der Waals surface area contributed by atoms with Crippen LogP contribution in [0.15, 0.2) is 36.4 Å². The molecule has 0 aromatic heterocycles. The lowest BCUT2D eigenvalue weighted by molar-refractivity contribution is 0.0697. The zero-order chi connectivity index (χ0) is 15.0. The number of hydrogen-bond acceptors (Lipinski definition) is 2. The molecule has 1 saturated carbocycles. The van der Waals surface area contributed by atoms with Crippen molar-refractivity contribution in [3.05, 3.63) is 42.0 Å². The minimum Gasteiger partial charge on any atom is -0.398 e. The number of fused-ring (bicyclic) bond motifs is 1. The predicted octanol–water partition coefficient (Wildman–Crippen LogP) is 3.68. The molecule has 0 bridgehead atoms. The summed E-state index contributed by atoms with van der Waals surface area (Å²) in [5.74, 6) is 0.734. The van der Waals surface area contributed by atoms with Crippen LogP contribution in [0.5, 0.6) is 0 Å². The summed E-state index contributed by atoms with van der Waals surface area (Å²) < 4.78 is 0. The number of rotatable bonds is 4. The Kier molecular flexibility index (Phi) is 3.58. The fourth-order valence-corrected chi connectivity index (χ4v) is 2.70. The second kappa shape index (κ2) is 5.40. The van der Waals surface area contributed by atoms with Gasteiger partial charge in [-0.1, -0.05) is 24.3 Å². The number of carbonyl (C=O) groups excluding carboxylic acids is 1. The van der Waals surface area contributed by atoms with Gasteiger partial charge in [0, 0.05) is 18.3 Å². The van der Waals surface area contributed by atoms with Crippen LogP contribution in [0.2, 0.25) is 0 Å². The summed E-state index contributed by atoms with van der Waals surface area (Å²) in [6, 6.07) is 12.0. The quantitative estimate of drug-likeness (QED) is 0.869. The number of hydrogen-bond donors (Lipinski definition) is 1. The van der Waals surface area contributed by atoms with Crippen molar-refractivity contribution in [2.24, 2.45) is 5.92 Å². The van der Waals surface area contributed by atoms with Crippen LogP contribution in [0.1, 0.15) is 37.0 Å². The van der Waals surface area contributed by atoms with Crippen molar-refractivity contribution in [1.82, 2.24) is 4.90 Å². The summed E-state index contributed by atoms with van der Waals surface area (Å²) >= 11 is 0. The van der Waals surface area contributed by atoms with E-state index in [-0.39, 0.29) is 11.9 Å². The lowest BCUT2D eigenvalue weighted by atomic mass is 10.0. The van der Waals surface area contributed by atoms with Crippen molar-refractivity contribution in [2.45, 2.75) is 32.7 Å². The number of nitrogens with two attached hydrogens (primary N) is 1. The van der Waals surface area contributed by atoms with Gasteiger partial charge in [-0.15, -0.1) is 0 Å². The van der Waals surface area contributed by atoms with Crippen molar-refractivity contribution >= 4 is 22.4 Å². The van der Waals surface area contributed by atoms with Crippen molar-refractivity contribution < 1.29 is 4.79 Å². The van der Waals surface area contributed by atoms with E-state index in [9.17, 15) is 4.79 Å². The molecule has 3 rings (SSSR count). The van der Waals surface area contributed by atoms with Gasteiger partial charge in [0.25, 0.3) is 5.91 Å². The van der Waals surface area contributed by atoms with Gasteiger partial charge in [0.2, 0.25) is 0 Å². The predicted molar refractivity (Wildman–Crippen MR) is 87.3 cm³/mol. The van der Waals surface area contributed by atoms with Crippen LogP contribution in [-0.4, -0.2) is 23.4 Å². The number of amides is 1. The van der Waals surface area contributed by atoms with Crippen molar-refractivity contribution in [3.8, 4) is 0 Å². The molecule has 1 aliphatic carbocycles. The Morgan fingerprint density at radius 3 is 2.43 bits per heavy atom. The molecule has 0 saturated heterocycles. The molecule has 0 radical (unpaired) electrons. The molecule has 110 valence electrons. The van der Waals surface area contributed by atoms with Crippen molar-refractivity contribution in [2.75, 3.05) is 12.3 Å². The highest BCUT2D eigenvalue weighted by atomic mass is 16.2. The highest BCUT2D eigenvalue weighted by Gasteiger charge is 2.29. The molecule has 1 fully saturated rings. The van der Waals surface area contributed by atoms with E-state index in [1.807, 2.05) is 41.3 Å². The average Bonchev–Trinajstić information content (AvgIpc) is 3.27. The van der Waals surface area contributed by atoms with Crippen LogP contribution in [0, 0.1) is 5.92 Å². The maximum Gasteiger partial charge on any atom is 0.256 e. The Labute approximate surface area is 125 Å². The van der Waals surface area contributed by atoms with Crippen LogP contribution < -0.4 is 5.73 Å². The molecule has 0 heterocycles. The summed E-state index contributed by atoms with van der Waals surface area (Å²) in [5, 5.41) is 2.13. The summed E-state index contributed by atoms with van der Waals surface area (Å²) in [7, 11) is 0. The molecular weight excluding hydrogens is 260 g/mol. The van der Waals surface area contributed by atoms with Gasteiger partial charge in [0.1, 0.15) is 0 Å². The smallest absolute Gasteiger partial charge is 0.256 e. The van der Waals surface area contributed by atoms with Gasteiger partial charge in [-0.25, -0.2) is 0 Å². The monoisotopic (exact) mass is 282 g/mol. The second-order valence-corrected chi connectivity index (χ2v) is 6.28. The molecule has 1 amide bonds. The van der Waals surface area contributed by atoms with E-state index < -0.39 is 0 Å². The van der Waals surface area contributed by atoms with Crippen LogP contribution in [0.4, 0.5) is 5.69 Å². The first-order valence-corrected chi connectivity index (χ1v) is 7.65. The lowest BCUT2D eigenvalue weighted by Gasteiger charge is -2.27. The summed E-state index contributed by atoms with van der Waals surface area (Å²) in [6.45, 7) is 4.98. The molecule has 0 atom stereocenters. The molecule has 2 aromatic carbocycles. The maximum absolute atomic E-state index is 12.9. The Morgan fingerprint density at radius 1 is 1.24 bits per heavy atom. The third-order valence-corrected chi connectivity index (χ3v) is 4.18. The van der Waals surface area contributed by atoms with Crippen LogP contribution >= 0.6 is 0 Å². The molecule has 0 aliphatic heterocycles. The summed E-state index contributed by atoms with van der Waals surface area (Å²) in [5.41, 5.74) is 7.32. The molecule has 3 heteroatoms. The number of nitrogen functional groups attached to an aromatic ring is 1. The first-order chi connectivity index (χ1) is 10.1. The van der Waals surface area contributed by atoms with Gasteiger partial charge in [0.05, 0.1) is 5.56 Å². The Hall–Kier alpha value is -2.03. The summed E-state index contributed by atoms with van der Waals surface area (Å²) in [6.07, 6.45) is 2.48. The van der Waals surface area contributed by atoms with E-state index in [1.165, 1.54) is 12.8 Å². The van der Waals surface area contributed by atoms with E-state index in [1.54, 1.807) is 0 Å². The standard InChI is InChI=1S/C18H22N2O/c1-12(2)20(11-13-7-8-13)18(21)16-9-14-5-3-4-6-15(14)10-17(16)19/h3-6,9-10,12-13H,7-8,11,19H2,1-2H3.